The summed E-state index contributed by atoms with van der Waals surface area (Å²) in [6, 6.07) is 0. The van der Waals surface area contributed by atoms with E-state index < -0.39 is 56.4 Å². The molecule has 140 valence electrons. The zero-order valence-electron chi connectivity index (χ0n) is 15.9. The number of esters is 2. The highest BCUT2D eigenvalue weighted by Crippen LogP contribution is 2.85. The molecular weight excluding hydrogens is 328 g/mol. The van der Waals surface area contributed by atoms with Crippen molar-refractivity contribution in [3.8, 4) is 0 Å². The van der Waals surface area contributed by atoms with Gasteiger partial charge in [-0.25, -0.2) is 0 Å². The second-order valence-corrected chi connectivity index (χ2v) is 9.70. The van der Waals surface area contributed by atoms with E-state index >= 15 is 0 Å². The Morgan fingerprint density at radius 2 is 0.960 bits per heavy atom. The fourth-order valence-electron chi connectivity index (χ4n) is 5.99. The van der Waals surface area contributed by atoms with Crippen molar-refractivity contribution in [1.82, 2.24) is 0 Å². The van der Waals surface area contributed by atoms with Gasteiger partial charge < -0.3 is 24.4 Å². The molecule has 2 heterocycles. The van der Waals surface area contributed by atoms with Crippen LogP contribution in [0.3, 0.4) is 0 Å². The van der Waals surface area contributed by atoms with Crippen molar-refractivity contribution >= 4 is 11.9 Å². The number of epoxide rings is 1. The number of hydrogen-bond acceptors (Lipinski definition) is 7. The first-order valence-corrected chi connectivity index (χ1v) is 8.58. The lowest BCUT2D eigenvalue weighted by Gasteiger charge is -2.46. The van der Waals surface area contributed by atoms with Crippen LogP contribution < -0.4 is 0 Å². The fraction of sp³-hybridized carbons (Fsp3) is 0.889. The second kappa shape index (κ2) is 3.49. The molecule has 4 fully saturated rings. The third kappa shape index (κ3) is 1.15. The average Bonchev–Trinajstić information content (AvgIpc) is 3.24. The van der Waals surface area contributed by atoms with Crippen LogP contribution >= 0.6 is 0 Å². The van der Waals surface area contributed by atoms with E-state index in [4.69, 9.17) is 14.2 Å². The normalized spacial score (nSPS) is 60.2. The minimum atomic E-state index is -1.79. The SMILES string of the molecule is CC1(C)C(=O)OC2(C(C)(C)C(=O)OC13C(C)(O)C3(C)O)C1(C)OC12C. The van der Waals surface area contributed by atoms with Crippen LogP contribution in [0.5, 0.6) is 0 Å². The van der Waals surface area contributed by atoms with E-state index in [9.17, 15) is 19.8 Å². The number of carbonyl (C=O) groups excluding carboxylic acids is 2. The van der Waals surface area contributed by atoms with Crippen LogP contribution in [0.25, 0.3) is 0 Å². The Morgan fingerprint density at radius 1 is 0.640 bits per heavy atom. The van der Waals surface area contributed by atoms with Gasteiger partial charge in [-0.2, -0.15) is 0 Å². The summed E-state index contributed by atoms with van der Waals surface area (Å²) in [5, 5.41) is 21.5. The first-order valence-electron chi connectivity index (χ1n) is 8.58. The van der Waals surface area contributed by atoms with Crippen molar-refractivity contribution in [2.24, 2.45) is 10.8 Å². The molecule has 2 N–H and O–H groups in total. The first-order chi connectivity index (χ1) is 11.0. The van der Waals surface area contributed by atoms with E-state index in [-0.39, 0.29) is 0 Å². The highest BCUT2D eigenvalue weighted by atomic mass is 16.8. The minimum absolute atomic E-state index is 0.635. The largest absolute Gasteiger partial charge is 0.451 e. The summed E-state index contributed by atoms with van der Waals surface area (Å²) in [4.78, 5) is 26.3. The molecule has 25 heavy (non-hydrogen) atoms. The van der Waals surface area contributed by atoms with Gasteiger partial charge in [0.1, 0.15) is 33.2 Å². The van der Waals surface area contributed by atoms with E-state index in [0.717, 1.165) is 0 Å². The van der Waals surface area contributed by atoms with Gasteiger partial charge in [-0.15, -0.1) is 0 Å². The van der Waals surface area contributed by atoms with Crippen LogP contribution in [0.1, 0.15) is 55.4 Å². The molecule has 0 amide bonds. The Bertz CT molecular complexity index is 717. The summed E-state index contributed by atoms with van der Waals surface area (Å²) in [5.41, 5.74) is -10.6. The van der Waals surface area contributed by atoms with Crippen LogP contribution in [-0.2, 0) is 23.8 Å². The number of carbonyl (C=O) groups is 2. The summed E-state index contributed by atoms with van der Waals surface area (Å²) in [5.74, 6) is -1.27. The maximum atomic E-state index is 13.1. The smallest absolute Gasteiger partial charge is 0.316 e. The lowest BCUT2D eigenvalue weighted by Crippen LogP contribution is -2.63. The predicted octanol–water partition coefficient (Wildman–Crippen LogP) is 0.693. The van der Waals surface area contributed by atoms with E-state index in [2.05, 4.69) is 0 Å². The Hall–Kier alpha value is -1.18. The molecule has 7 nitrogen and oxygen atoms in total. The number of aliphatic hydroxyl groups is 2. The third-order valence-electron chi connectivity index (χ3n) is 8.09. The number of rotatable bonds is 0. The standard InChI is InChI=1S/C18H26O7/c1-11(2)9(19)24-18(15(7)16(18,8)25-15)12(3,4)10(20)23-17(11)13(5,21)14(17,6)22/h21-22H,1-8H3. The van der Waals surface area contributed by atoms with Crippen molar-refractivity contribution in [3.05, 3.63) is 0 Å². The average molecular weight is 354 g/mol. The molecule has 0 bridgehead atoms. The van der Waals surface area contributed by atoms with Crippen molar-refractivity contribution < 1.29 is 34.0 Å². The number of ether oxygens (including phenoxy) is 3. The summed E-state index contributed by atoms with van der Waals surface area (Å²) in [7, 11) is 0. The quantitative estimate of drug-likeness (QED) is 0.487. The molecule has 2 spiro atoms. The Labute approximate surface area is 146 Å². The van der Waals surface area contributed by atoms with Gasteiger partial charge in [-0.3, -0.25) is 9.59 Å². The molecule has 2 saturated carbocycles. The predicted molar refractivity (Wildman–Crippen MR) is 84.4 cm³/mol. The molecule has 4 atom stereocenters. The molecule has 4 unspecified atom stereocenters. The van der Waals surface area contributed by atoms with Crippen molar-refractivity contribution in [2.45, 2.75) is 89.0 Å². The van der Waals surface area contributed by atoms with Gasteiger partial charge in [0.2, 0.25) is 0 Å². The molecule has 0 aromatic rings. The van der Waals surface area contributed by atoms with Gasteiger partial charge in [0.15, 0.2) is 11.2 Å². The highest BCUT2D eigenvalue weighted by molar-refractivity contribution is 5.90. The molecule has 7 heteroatoms. The van der Waals surface area contributed by atoms with E-state index in [1.165, 1.54) is 27.7 Å². The number of hydrogen-bond donors (Lipinski definition) is 2. The van der Waals surface area contributed by atoms with Gasteiger partial charge >= 0.3 is 11.9 Å². The minimum Gasteiger partial charge on any atom is -0.451 e. The lowest BCUT2D eigenvalue weighted by atomic mass is 9.75. The summed E-state index contributed by atoms with van der Waals surface area (Å²) in [6.07, 6.45) is 0. The van der Waals surface area contributed by atoms with Gasteiger partial charge in [0, 0.05) is 0 Å². The topological polar surface area (TPSA) is 106 Å². The number of fused-ring (bicyclic) bond motifs is 3. The summed E-state index contributed by atoms with van der Waals surface area (Å²) < 4.78 is 17.3. The maximum Gasteiger partial charge on any atom is 0.316 e. The maximum absolute atomic E-state index is 13.1. The van der Waals surface area contributed by atoms with Crippen LogP contribution in [0.2, 0.25) is 0 Å². The lowest BCUT2D eigenvalue weighted by molar-refractivity contribution is -0.240. The van der Waals surface area contributed by atoms with Crippen LogP contribution in [0, 0.1) is 10.8 Å². The van der Waals surface area contributed by atoms with Crippen molar-refractivity contribution in [3.63, 3.8) is 0 Å². The molecule has 2 aliphatic heterocycles. The summed E-state index contributed by atoms with van der Waals surface area (Å²) >= 11 is 0. The molecule has 0 radical (unpaired) electrons. The molecule has 0 aromatic heterocycles. The Kier molecular flexibility index (Phi) is 2.41. The third-order valence-corrected chi connectivity index (χ3v) is 8.09. The molecular formula is C18H26O7. The van der Waals surface area contributed by atoms with Crippen LogP contribution in [-0.4, -0.2) is 55.8 Å². The Morgan fingerprint density at radius 3 is 1.24 bits per heavy atom. The summed E-state index contributed by atoms with van der Waals surface area (Å²) in [6.45, 7) is 12.7. The first kappa shape index (κ1) is 17.2. The van der Waals surface area contributed by atoms with E-state index in [1.54, 1.807) is 13.8 Å². The van der Waals surface area contributed by atoms with E-state index in [1.807, 2.05) is 13.8 Å². The molecule has 2 aliphatic carbocycles. The molecule has 0 aromatic carbocycles. The van der Waals surface area contributed by atoms with Gasteiger partial charge in [-0.05, 0) is 55.4 Å². The zero-order valence-corrected chi connectivity index (χ0v) is 15.9. The second-order valence-electron chi connectivity index (χ2n) is 9.70. The van der Waals surface area contributed by atoms with Crippen LogP contribution in [0.4, 0.5) is 0 Å². The molecule has 4 aliphatic rings. The molecule has 2 saturated heterocycles. The van der Waals surface area contributed by atoms with Crippen molar-refractivity contribution in [2.75, 3.05) is 0 Å². The van der Waals surface area contributed by atoms with Gasteiger partial charge in [0.05, 0.1) is 0 Å². The monoisotopic (exact) mass is 354 g/mol. The molecule has 4 rings (SSSR count). The zero-order chi connectivity index (χ0) is 19.3. The van der Waals surface area contributed by atoms with Crippen LogP contribution in [0.15, 0.2) is 0 Å². The van der Waals surface area contributed by atoms with Gasteiger partial charge in [0.25, 0.3) is 0 Å². The van der Waals surface area contributed by atoms with E-state index in [0.29, 0.717) is 0 Å². The van der Waals surface area contributed by atoms with Gasteiger partial charge in [-0.1, -0.05) is 0 Å². The highest BCUT2D eigenvalue weighted by Gasteiger charge is 3.07. The fourth-order valence-corrected chi connectivity index (χ4v) is 5.99. The Balaban J connectivity index is 1.87. The van der Waals surface area contributed by atoms with Crippen molar-refractivity contribution in [1.29, 1.82) is 0 Å².